The maximum Gasteiger partial charge on any atom is 0.220 e. The molecule has 0 aliphatic heterocycles. The second-order valence-corrected chi connectivity index (χ2v) is 4.93. The Bertz CT molecular complexity index is 355. The number of nitrogens with one attached hydrogen (secondary N) is 1. The molecule has 1 rings (SSSR count). The molecule has 0 saturated carbocycles. The monoisotopic (exact) mass is 268 g/mol. The van der Waals surface area contributed by atoms with E-state index >= 15 is 0 Å². The number of ether oxygens (including phenoxy) is 1. The molecule has 0 bridgehead atoms. The van der Waals surface area contributed by atoms with E-state index in [0.717, 1.165) is 22.8 Å². The van der Waals surface area contributed by atoms with Crippen molar-refractivity contribution in [3.63, 3.8) is 0 Å². The second kappa shape index (κ2) is 8.83. The third kappa shape index (κ3) is 5.93. The molecular formula is C13H20N2O2S. The third-order valence-corrected chi connectivity index (χ3v) is 3.37. The van der Waals surface area contributed by atoms with Crippen LogP contribution in [0.15, 0.2) is 29.2 Å². The summed E-state index contributed by atoms with van der Waals surface area (Å²) in [6, 6.07) is 7.83. The van der Waals surface area contributed by atoms with Crippen LogP contribution in [0.5, 0.6) is 5.75 Å². The standard InChI is InChI=1S/C13H20N2O2S/c1-17-11-3-5-12(6-4-11)18-10-7-13(16)15-9-2-8-14/h3-6H,2,7-10,14H2,1H3,(H,15,16). The van der Waals surface area contributed by atoms with Gasteiger partial charge in [-0.05, 0) is 37.2 Å². The number of carbonyl (C=O) groups is 1. The molecule has 0 saturated heterocycles. The first kappa shape index (κ1) is 14.9. The first-order chi connectivity index (χ1) is 8.76. The van der Waals surface area contributed by atoms with Crippen molar-refractivity contribution < 1.29 is 9.53 Å². The van der Waals surface area contributed by atoms with E-state index in [9.17, 15) is 4.79 Å². The number of carbonyl (C=O) groups excluding carboxylic acids is 1. The number of hydrogen-bond acceptors (Lipinski definition) is 4. The van der Waals surface area contributed by atoms with Crippen molar-refractivity contribution in [2.45, 2.75) is 17.7 Å². The molecule has 3 N–H and O–H groups in total. The Morgan fingerprint density at radius 2 is 2.11 bits per heavy atom. The van der Waals surface area contributed by atoms with Crippen LogP contribution < -0.4 is 15.8 Å². The molecule has 0 aliphatic carbocycles. The summed E-state index contributed by atoms with van der Waals surface area (Å²) in [5.74, 6) is 1.71. The summed E-state index contributed by atoms with van der Waals surface area (Å²) in [6.45, 7) is 1.28. The van der Waals surface area contributed by atoms with Gasteiger partial charge in [0.1, 0.15) is 5.75 Å². The zero-order chi connectivity index (χ0) is 13.2. The zero-order valence-electron chi connectivity index (χ0n) is 10.6. The summed E-state index contributed by atoms with van der Waals surface area (Å²) in [5, 5.41) is 2.84. The average molecular weight is 268 g/mol. The van der Waals surface area contributed by atoms with Crippen LogP contribution in [0.25, 0.3) is 0 Å². The average Bonchev–Trinajstić information content (AvgIpc) is 2.40. The normalized spacial score (nSPS) is 10.1. The summed E-state index contributed by atoms with van der Waals surface area (Å²) in [6.07, 6.45) is 1.36. The Kier molecular flexibility index (Phi) is 7.29. The van der Waals surface area contributed by atoms with Gasteiger partial charge in [0.05, 0.1) is 7.11 Å². The molecule has 5 heteroatoms. The lowest BCUT2D eigenvalue weighted by Crippen LogP contribution is -2.26. The van der Waals surface area contributed by atoms with Crippen LogP contribution in [-0.4, -0.2) is 31.9 Å². The van der Waals surface area contributed by atoms with Gasteiger partial charge in [0.25, 0.3) is 0 Å². The lowest BCUT2D eigenvalue weighted by Gasteiger charge is -2.05. The van der Waals surface area contributed by atoms with Crippen molar-refractivity contribution in [2.24, 2.45) is 5.73 Å². The topological polar surface area (TPSA) is 64.3 Å². The van der Waals surface area contributed by atoms with Crippen molar-refractivity contribution in [3.05, 3.63) is 24.3 Å². The fourth-order valence-corrected chi connectivity index (χ4v) is 2.20. The SMILES string of the molecule is COc1ccc(SCCC(=O)NCCCN)cc1. The summed E-state index contributed by atoms with van der Waals surface area (Å²) < 4.78 is 5.08. The Labute approximate surface area is 112 Å². The van der Waals surface area contributed by atoms with Crippen molar-refractivity contribution in [2.75, 3.05) is 26.0 Å². The van der Waals surface area contributed by atoms with Crippen LogP contribution >= 0.6 is 11.8 Å². The van der Waals surface area contributed by atoms with E-state index in [1.807, 2.05) is 24.3 Å². The molecule has 18 heavy (non-hydrogen) atoms. The molecule has 100 valence electrons. The highest BCUT2D eigenvalue weighted by Gasteiger charge is 2.01. The first-order valence-corrected chi connectivity index (χ1v) is 6.98. The lowest BCUT2D eigenvalue weighted by molar-refractivity contribution is -0.120. The minimum Gasteiger partial charge on any atom is -0.497 e. The molecule has 0 atom stereocenters. The number of thioether (sulfide) groups is 1. The van der Waals surface area contributed by atoms with Gasteiger partial charge in [-0.25, -0.2) is 0 Å². The van der Waals surface area contributed by atoms with Crippen LogP contribution in [-0.2, 0) is 4.79 Å². The summed E-state index contributed by atoms with van der Waals surface area (Å²) >= 11 is 1.67. The third-order valence-electron chi connectivity index (χ3n) is 2.36. The Hall–Kier alpha value is -1.20. The number of hydrogen-bond donors (Lipinski definition) is 2. The van der Waals surface area contributed by atoms with E-state index < -0.39 is 0 Å². The van der Waals surface area contributed by atoms with Crippen molar-refractivity contribution in [1.82, 2.24) is 5.32 Å². The van der Waals surface area contributed by atoms with Crippen LogP contribution in [0, 0.1) is 0 Å². The molecule has 4 nitrogen and oxygen atoms in total. The smallest absolute Gasteiger partial charge is 0.220 e. The number of nitrogens with two attached hydrogens (primary N) is 1. The van der Waals surface area contributed by atoms with Crippen LogP contribution in [0.1, 0.15) is 12.8 Å². The van der Waals surface area contributed by atoms with E-state index in [1.54, 1.807) is 18.9 Å². The molecule has 0 aliphatic rings. The van der Waals surface area contributed by atoms with Gasteiger partial charge in [-0.15, -0.1) is 11.8 Å². The predicted molar refractivity (Wildman–Crippen MR) is 75.0 cm³/mol. The van der Waals surface area contributed by atoms with Crippen molar-refractivity contribution >= 4 is 17.7 Å². The number of benzene rings is 1. The fourth-order valence-electron chi connectivity index (χ4n) is 1.35. The molecule has 0 spiro atoms. The van der Waals surface area contributed by atoms with Gasteiger partial charge < -0.3 is 15.8 Å². The van der Waals surface area contributed by atoms with E-state index in [2.05, 4.69) is 5.32 Å². The number of rotatable bonds is 8. The number of methoxy groups -OCH3 is 1. The zero-order valence-corrected chi connectivity index (χ0v) is 11.5. The molecule has 0 aromatic heterocycles. The lowest BCUT2D eigenvalue weighted by atomic mass is 10.3. The Balaban J connectivity index is 2.18. The van der Waals surface area contributed by atoms with E-state index in [4.69, 9.17) is 10.5 Å². The predicted octanol–water partition coefficient (Wildman–Crippen LogP) is 1.64. The highest BCUT2D eigenvalue weighted by Crippen LogP contribution is 2.21. The fraction of sp³-hybridized carbons (Fsp3) is 0.462. The molecular weight excluding hydrogens is 248 g/mol. The molecule has 1 amide bonds. The second-order valence-electron chi connectivity index (χ2n) is 3.77. The quantitative estimate of drug-likeness (QED) is 0.556. The summed E-state index contributed by atoms with van der Waals surface area (Å²) in [5.41, 5.74) is 5.35. The van der Waals surface area contributed by atoms with Crippen LogP contribution in [0.4, 0.5) is 0 Å². The van der Waals surface area contributed by atoms with Gasteiger partial charge in [0.2, 0.25) is 5.91 Å². The molecule has 0 heterocycles. The maximum atomic E-state index is 11.4. The molecule has 0 unspecified atom stereocenters. The van der Waals surface area contributed by atoms with E-state index in [-0.39, 0.29) is 5.91 Å². The summed E-state index contributed by atoms with van der Waals surface area (Å²) in [7, 11) is 1.65. The van der Waals surface area contributed by atoms with Gasteiger partial charge in [-0.1, -0.05) is 0 Å². The minimum atomic E-state index is 0.0875. The molecule has 0 fully saturated rings. The first-order valence-electron chi connectivity index (χ1n) is 6.00. The van der Waals surface area contributed by atoms with E-state index in [0.29, 0.717) is 19.5 Å². The largest absolute Gasteiger partial charge is 0.497 e. The minimum absolute atomic E-state index is 0.0875. The Morgan fingerprint density at radius 3 is 2.72 bits per heavy atom. The maximum absolute atomic E-state index is 11.4. The van der Waals surface area contributed by atoms with Gasteiger partial charge in [0.15, 0.2) is 0 Å². The summed E-state index contributed by atoms with van der Waals surface area (Å²) in [4.78, 5) is 12.6. The number of amides is 1. The van der Waals surface area contributed by atoms with Gasteiger partial charge >= 0.3 is 0 Å². The van der Waals surface area contributed by atoms with Gasteiger partial charge in [-0.2, -0.15) is 0 Å². The molecule has 0 radical (unpaired) electrons. The Morgan fingerprint density at radius 1 is 1.39 bits per heavy atom. The van der Waals surface area contributed by atoms with Gasteiger partial charge in [-0.3, -0.25) is 4.79 Å². The van der Waals surface area contributed by atoms with Crippen molar-refractivity contribution in [3.8, 4) is 5.75 Å². The van der Waals surface area contributed by atoms with Crippen LogP contribution in [0.3, 0.4) is 0 Å². The molecule has 1 aromatic rings. The highest BCUT2D eigenvalue weighted by atomic mass is 32.2. The van der Waals surface area contributed by atoms with Gasteiger partial charge in [0, 0.05) is 23.6 Å². The molecule has 1 aromatic carbocycles. The van der Waals surface area contributed by atoms with Crippen LogP contribution in [0.2, 0.25) is 0 Å². The van der Waals surface area contributed by atoms with E-state index in [1.165, 1.54) is 0 Å². The van der Waals surface area contributed by atoms with Crippen molar-refractivity contribution in [1.29, 1.82) is 0 Å². The highest BCUT2D eigenvalue weighted by molar-refractivity contribution is 7.99.